The molecule has 0 aliphatic carbocycles. The third-order valence-electron chi connectivity index (χ3n) is 3.77. The quantitative estimate of drug-likeness (QED) is 0.405. The lowest BCUT2D eigenvalue weighted by atomic mass is 10.3. The summed E-state index contributed by atoms with van der Waals surface area (Å²) < 4.78 is 42.2. The van der Waals surface area contributed by atoms with Crippen molar-refractivity contribution in [2.75, 3.05) is 26.9 Å². The minimum absolute atomic E-state index is 0.0329. The summed E-state index contributed by atoms with van der Waals surface area (Å²) in [6.07, 6.45) is 1.25. The summed E-state index contributed by atoms with van der Waals surface area (Å²) in [6.45, 7) is -0.185. The summed E-state index contributed by atoms with van der Waals surface area (Å²) in [5.74, 6) is 2.19. The van der Waals surface area contributed by atoms with Crippen LogP contribution in [0.2, 0.25) is 0 Å². The number of hydrogen-bond acceptors (Lipinski definition) is 10. The van der Waals surface area contributed by atoms with Crippen molar-refractivity contribution in [3.63, 3.8) is 0 Å². The predicted octanol–water partition coefficient (Wildman–Crippen LogP) is 2.65. The fraction of sp³-hybridized carbons (Fsp3) is 0.571. The maximum absolute atomic E-state index is 13.6. The van der Waals surface area contributed by atoms with Gasteiger partial charge in [-0.05, 0) is 0 Å². The van der Waals surface area contributed by atoms with Gasteiger partial charge >= 0.3 is 0 Å². The second-order valence-corrected chi connectivity index (χ2v) is 10.1. The second-order valence-electron chi connectivity index (χ2n) is 5.66. The molecule has 3 unspecified atom stereocenters. The van der Waals surface area contributed by atoms with E-state index in [0.29, 0.717) is 30.1 Å². The van der Waals surface area contributed by atoms with Gasteiger partial charge in [0, 0.05) is 13.7 Å². The highest BCUT2D eigenvalue weighted by Gasteiger charge is 2.31. The van der Waals surface area contributed by atoms with Gasteiger partial charge in [0.15, 0.2) is 11.8 Å². The van der Waals surface area contributed by atoms with Crippen molar-refractivity contribution < 1.29 is 27.4 Å². The average Bonchev–Trinajstić information content (AvgIpc) is 3.24. The van der Waals surface area contributed by atoms with E-state index in [-0.39, 0.29) is 19.8 Å². The fourth-order valence-corrected chi connectivity index (χ4v) is 4.92. The molecule has 2 aromatic rings. The normalized spacial score (nSPS) is 22.1. The van der Waals surface area contributed by atoms with E-state index in [4.69, 9.17) is 23.0 Å². The fourth-order valence-electron chi connectivity index (χ4n) is 2.51. The number of rotatable bonds is 10. The first kappa shape index (κ1) is 22.4. The largest absolute Gasteiger partial charge is 0.375 e. The smallest absolute Gasteiger partial charge is 0.235 e. The zero-order valence-corrected chi connectivity index (χ0v) is 18.7. The molecule has 1 aliphatic heterocycles. The third-order valence-corrected chi connectivity index (χ3v) is 6.84. The number of halogens is 1. The van der Waals surface area contributed by atoms with Crippen molar-refractivity contribution in [3.8, 4) is 0 Å². The second kappa shape index (κ2) is 11.2. The van der Waals surface area contributed by atoms with Crippen molar-refractivity contribution in [3.05, 3.63) is 18.3 Å². The Morgan fingerprint density at radius 3 is 3.11 bits per heavy atom. The minimum Gasteiger partial charge on any atom is -0.375 e. The van der Waals surface area contributed by atoms with Crippen LogP contribution in [0.3, 0.4) is 0 Å². The lowest BCUT2D eigenvalue weighted by Crippen LogP contribution is -2.21. The van der Waals surface area contributed by atoms with E-state index in [0.717, 1.165) is 0 Å². The van der Waals surface area contributed by atoms with Crippen LogP contribution in [0.5, 0.6) is 0 Å². The van der Waals surface area contributed by atoms with Gasteiger partial charge in [-0.15, -0.1) is 12.2 Å². The highest BCUT2D eigenvalue weighted by Crippen LogP contribution is 2.46. The van der Waals surface area contributed by atoms with E-state index in [1.165, 1.54) is 6.33 Å². The van der Waals surface area contributed by atoms with E-state index < -0.39 is 26.8 Å². The van der Waals surface area contributed by atoms with E-state index in [1.54, 1.807) is 19.3 Å². The Hall–Kier alpha value is -0.290. The van der Waals surface area contributed by atoms with Crippen LogP contribution in [0.4, 0.5) is 4.39 Å². The number of methoxy groups -OCH3 is 1. The number of nitrogens with zero attached hydrogens (tertiary/aromatic N) is 4. The van der Waals surface area contributed by atoms with Gasteiger partial charge in [0.2, 0.25) is 7.58 Å². The van der Waals surface area contributed by atoms with E-state index >= 15 is 0 Å². The third kappa shape index (κ3) is 6.10. The molecule has 2 aromatic heterocycles. The van der Waals surface area contributed by atoms with Crippen LogP contribution in [0, 0.1) is 0 Å². The summed E-state index contributed by atoms with van der Waals surface area (Å²) >= 11 is 8.61. The maximum atomic E-state index is 13.6. The predicted molar refractivity (Wildman–Crippen MR) is 113 cm³/mol. The van der Waals surface area contributed by atoms with E-state index in [1.807, 2.05) is 4.57 Å². The molecule has 1 fully saturated rings. The Morgan fingerprint density at radius 1 is 1.50 bits per heavy atom. The number of imidazole rings is 1. The molecule has 1 aliphatic rings. The van der Waals surface area contributed by atoms with E-state index in [2.05, 4.69) is 39.4 Å². The molecule has 14 heteroatoms. The zero-order chi connectivity index (χ0) is 19.9. The molecular formula is C14H21FN4O5P2S2. The van der Waals surface area contributed by atoms with Crippen LogP contribution in [-0.2, 0) is 36.2 Å². The molecular weight excluding hydrogens is 449 g/mol. The van der Waals surface area contributed by atoms with Crippen molar-refractivity contribution in [1.82, 2.24) is 19.5 Å². The Kier molecular flexibility index (Phi) is 8.96. The maximum Gasteiger partial charge on any atom is 0.235 e. The molecule has 4 atom stereocenters. The summed E-state index contributed by atoms with van der Waals surface area (Å²) in [5.41, 5.74) is 1.30. The van der Waals surface area contributed by atoms with Crippen LogP contribution < -0.4 is 0 Å². The van der Waals surface area contributed by atoms with Crippen molar-refractivity contribution in [2.24, 2.45) is 0 Å². The standard InChI is InChI=1S/C14H21FN4O5P2S2/c1-20-9-25(27)22-3-2-19-13(18-11-4-16-8-17-14(11)19)7-23-26(28)24-12-6-21-5-10(12)15/h4,8-10,12,25,27-28H,2-3,5-7H2,1H3/t10?,12-,26?/m0/s1. The molecule has 9 nitrogen and oxygen atoms in total. The molecule has 28 heavy (non-hydrogen) atoms. The lowest BCUT2D eigenvalue weighted by molar-refractivity contribution is 0.123. The van der Waals surface area contributed by atoms with Gasteiger partial charge in [0.25, 0.3) is 0 Å². The van der Waals surface area contributed by atoms with E-state index in [9.17, 15) is 4.39 Å². The Balaban J connectivity index is 1.63. The monoisotopic (exact) mass is 470 g/mol. The highest BCUT2D eigenvalue weighted by molar-refractivity contribution is 8.42. The number of fused-ring (bicyclic) bond motifs is 1. The molecule has 0 radical (unpaired) electrons. The molecule has 3 heterocycles. The van der Waals surface area contributed by atoms with Gasteiger partial charge in [0.1, 0.15) is 30.4 Å². The molecule has 0 saturated carbocycles. The molecule has 0 spiro atoms. The summed E-state index contributed by atoms with van der Waals surface area (Å²) in [6, 6.07) is 0. The lowest BCUT2D eigenvalue weighted by Gasteiger charge is -2.17. The van der Waals surface area contributed by atoms with Crippen LogP contribution in [0.15, 0.2) is 12.5 Å². The highest BCUT2D eigenvalue weighted by atomic mass is 32.7. The molecule has 0 bridgehead atoms. The van der Waals surface area contributed by atoms with Crippen molar-refractivity contribution >= 4 is 56.2 Å². The molecule has 0 N–H and O–H groups in total. The molecule has 0 aromatic carbocycles. The zero-order valence-electron chi connectivity index (χ0n) is 15.0. The first-order valence-electron chi connectivity index (χ1n) is 8.29. The van der Waals surface area contributed by atoms with Crippen LogP contribution in [0.1, 0.15) is 5.82 Å². The Labute approximate surface area is 174 Å². The number of thiol groups is 2. The van der Waals surface area contributed by atoms with Gasteiger partial charge < -0.3 is 27.6 Å². The molecule has 156 valence electrons. The topological polar surface area (TPSA) is 89.8 Å². The number of aromatic nitrogens is 4. The number of alkyl halides is 1. The van der Waals surface area contributed by atoms with Gasteiger partial charge in [-0.3, -0.25) is 0 Å². The summed E-state index contributed by atoms with van der Waals surface area (Å²) in [4.78, 5) is 12.8. The Morgan fingerprint density at radius 2 is 2.36 bits per heavy atom. The number of hydrogen-bond donors (Lipinski definition) is 2. The van der Waals surface area contributed by atoms with Crippen LogP contribution in [0.25, 0.3) is 11.2 Å². The molecule has 3 rings (SSSR count). The average molecular weight is 470 g/mol. The van der Waals surface area contributed by atoms with Crippen LogP contribution in [-0.4, -0.2) is 64.7 Å². The van der Waals surface area contributed by atoms with Gasteiger partial charge in [-0.25, -0.2) is 19.3 Å². The van der Waals surface area contributed by atoms with Gasteiger partial charge in [-0.1, -0.05) is 12.2 Å². The molecule has 1 saturated heterocycles. The first-order chi connectivity index (χ1) is 13.6. The van der Waals surface area contributed by atoms with Crippen molar-refractivity contribution in [2.45, 2.75) is 25.4 Å². The minimum atomic E-state index is -1.59. The first-order valence-corrected chi connectivity index (χ1v) is 13.4. The van der Waals surface area contributed by atoms with Crippen molar-refractivity contribution in [1.29, 1.82) is 0 Å². The SMILES string of the molecule is CO/C=[PH](/S)OCCn1c(COP(S)O[C@H]2COCC2F)nc2cncnc21. The van der Waals surface area contributed by atoms with Crippen LogP contribution >= 0.6 is 39.0 Å². The van der Waals surface area contributed by atoms with Gasteiger partial charge in [0.05, 0.1) is 39.0 Å². The summed E-state index contributed by atoms with van der Waals surface area (Å²) in [5, 5.41) is 0. The Bertz CT molecular complexity index is 817. The summed E-state index contributed by atoms with van der Waals surface area (Å²) in [7, 11) is -0.0305. The number of ether oxygens (including phenoxy) is 2. The molecule has 0 amide bonds. The van der Waals surface area contributed by atoms with Gasteiger partial charge in [-0.2, -0.15) is 0 Å².